The van der Waals surface area contributed by atoms with Gasteiger partial charge in [-0.1, -0.05) is 0 Å². The third-order valence-electron chi connectivity index (χ3n) is 3.00. The average Bonchev–Trinajstić information content (AvgIpc) is 2.88. The molecule has 0 amide bonds. The van der Waals surface area contributed by atoms with E-state index in [4.69, 9.17) is 14.6 Å². The van der Waals surface area contributed by atoms with Crippen LogP contribution < -0.4 is 14.8 Å². The van der Waals surface area contributed by atoms with Crippen LogP contribution in [0.2, 0.25) is 0 Å². The van der Waals surface area contributed by atoms with Gasteiger partial charge in [0.15, 0.2) is 11.5 Å². The first kappa shape index (κ1) is 13.1. The number of hydrogen-bond acceptors (Lipinski definition) is 5. The number of rotatable bonds is 2. The normalized spacial score (nSPS) is 25.3. The molecule has 2 aliphatic heterocycles. The van der Waals surface area contributed by atoms with Gasteiger partial charge in [0.1, 0.15) is 19.3 Å². The lowest BCUT2D eigenvalue weighted by Crippen LogP contribution is -2.33. The second kappa shape index (κ2) is 5.22. The Morgan fingerprint density at radius 3 is 2.95 bits per heavy atom. The largest absolute Gasteiger partial charge is 0.486 e. The van der Waals surface area contributed by atoms with Gasteiger partial charge in [-0.25, -0.2) is 0 Å². The molecule has 1 saturated heterocycles. The van der Waals surface area contributed by atoms with Gasteiger partial charge in [0, 0.05) is 5.75 Å². The molecule has 2 N–H and O–H groups in total. The molecule has 0 spiro atoms. The molecular weight excluding hydrogens is 334 g/mol. The number of halogens is 1. The van der Waals surface area contributed by atoms with E-state index in [1.54, 1.807) is 11.8 Å². The average molecular weight is 346 g/mol. The summed E-state index contributed by atoms with van der Waals surface area (Å²) in [5.41, 5.74) is 0.991. The number of ether oxygens (including phenoxy) is 2. The van der Waals surface area contributed by atoms with Gasteiger partial charge in [-0.3, -0.25) is 10.1 Å². The second-order valence-corrected chi connectivity index (χ2v) is 6.29. The van der Waals surface area contributed by atoms with E-state index in [1.807, 2.05) is 12.1 Å². The highest BCUT2D eigenvalue weighted by Gasteiger charge is 2.31. The fraction of sp³-hybridized carbons (Fsp3) is 0.417. The van der Waals surface area contributed by atoms with Crippen molar-refractivity contribution in [2.45, 2.75) is 11.4 Å². The lowest BCUT2D eigenvalue weighted by atomic mass is 10.2. The van der Waals surface area contributed by atoms with Crippen LogP contribution in [0.3, 0.4) is 0 Å². The molecule has 1 unspecified atom stereocenters. The molecule has 0 aromatic heterocycles. The second-order valence-electron chi connectivity index (χ2n) is 4.30. The van der Waals surface area contributed by atoms with Crippen LogP contribution in [0.25, 0.3) is 0 Å². The van der Waals surface area contributed by atoms with Crippen molar-refractivity contribution in [3.05, 3.63) is 22.2 Å². The summed E-state index contributed by atoms with van der Waals surface area (Å²) in [5, 5.41) is 12.0. The quantitative estimate of drug-likeness (QED) is 0.854. The van der Waals surface area contributed by atoms with Gasteiger partial charge in [-0.2, -0.15) is 0 Å². The number of carbonyl (C=O) groups is 1. The van der Waals surface area contributed by atoms with Gasteiger partial charge in [-0.05, 0) is 33.6 Å². The Morgan fingerprint density at radius 2 is 2.21 bits per heavy atom. The number of thioether (sulfide) groups is 1. The molecular formula is C12H12BrNO4S. The van der Waals surface area contributed by atoms with Gasteiger partial charge in [0.2, 0.25) is 0 Å². The summed E-state index contributed by atoms with van der Waals surface area (Å²) in [6, 6.07) is 3.36. The summed E-state index contributed by atoms with van der Waals surface area (Å²) in [6.45, 7) is 1.08. The third kappa shape index (κ3) is 2.54. The highest BCUT2D eigenvalue weighted by molar-refractivity contribution is 9.10. The molecule has 5 nitrogen and oxygen atoms in total. The molecule has 2 aliphatic rings. The van der Waals surface area contributed by atoms with Crippen molar-refractivity contribution in [1.82, 2.24) is 5.32 Å². The van der Waals surface area contributed by atoms with E-state index in [9.17, 15) is 4.79 Å². The van der Waals surface area contributed by atoms with Gasteiger partial charge in [0.25, 0.3) is 0 Å². The first-order valence-corrected chi connectivity index (χ1v) is 7.69. The molecule has 1 aromatic rings. The summed E-state index contributed by atoms with van der Waals surface area (Å²) in [7, 11) is 0. The Bertz CT molecular complexity index is 525. The number of carboxylic acid groups (broad SMARTS) is 1. The number of fused-ring (bicyclic) bond motifs is 1. The van der Waals surface area contributed by atoms with Crippen LogP contribution in [0, 0.1) is 0 Å². The molecule has 0 bridgehead atoms. The number of nitrogens with one attached hydrogen (secondary N) is 1. The zero-order valence-electron chi connectivity index (χ0n) is 9.89. The smallest absolute Gasteiger partial charge is 0.321 e. The summed E-state index contributed by atoms with van der Waals surface area (Å²) >= 11 is 5.05. The Labute approximate surface area is 122 Å². The van der Waals surface area contributed by atoms with Crippen molar-refractivity contribution in [3.63, 3.8) is 0 Å². The predicted octanol–water partition coefficient (Wildman–Crippen LogP) is 2.01. The van der Waals surface area contributed by atoms with Crippen molar-refractivity contribution in [1.29, 1.82) is 0 Å². The third-order valence-corrected chi connectivity index (χ3v) is 4.86. The Kier molecular flexibility index (Phi) is 3.60. The van der Waals surface area contributed by atoms with Gasteiger partial charge >= 0.3 is 5.97 Å². The standard InChI is InChI=1S/C12H12BrNO4S/c13-7-3-6(4-9-10(7)18-2-1-17-9)11-14-8(5-19-11)12(15)16/h3-4,8,11,14H,1-2,5H2,(H,15,16)/t8-,11?/m1/s1. The Morgan fingerprint density at radius 1 is 1.42 bits per heavy atom. The number of benzene rings is 1. The first-order chi connectivity index (χ1) is 9.15. The van der Waals surface area contributed by atoms with Crippen LogP contribution in [0.15, 0.2) is 16.6 Å². The molecule has 2 heterocycles. The van der Waals surface area contributed by atoms with Crippen LogP contribution in [0.4, 0.5) is 0 Å². The minimum atomic E-state index is -0.813. The maximum Gasteiger partial charge on any atom is 0.321 e. The van der Waals surface area contributed by atoms with Crippen LogP contribution >= 0.6 is 27.7 Å². The molecule has 1 aromatic carbocycles. The molecule has 0 saturated carbocycles. The molecule has 19 heavy (non-hydrogen) atoms. The van der Waals surface area contributed by atoms with E-state index in [2.05, 4.69) is 21.2 Å². The lowest BCUT2D eigenvalue weighted by molar-refractivity contribution is -0.138. The van der Waals surface area contributed by atoms with E-state index >= 15 is 0 Å². The zero-order valence-corrected chi connectivity index (χ0v) is 12.3. The molecule has 0 radical (unpaired) electrons. The Balaban J connectivity index is 1.86. The summed E-state index contributed by atoms with van der Waals surface area (Å²) in [5.74, 6) is 1.17. The van der Waals surface area contributed by atoms with Crippen molar-refractivity contribution >= 4 is 33.7 Å². The minimum Gasteiger partial charge on any atom is -0.486 e. The summed E-state index contributed by atoms with van der Waals surface area (Å²) in [6.07, 6.45) is 0. The highest BCUT2D eigenvalue weighted by Crippen LogP contribution is 2.43. The SMILES string of the molecule is O=C(O)[C@H]1CSC(c2cc(Br)c3c(c2)OCCO3)N1. The van der Waals surface area contributed by atoms with E-state index < -0.39 is 12.0 Å². The van der Waals surface area contributed by atoms with Crippen LogP contribution in [0.5, 0.6) is 11.5 Å². The molecule has 0 aliphatic carbocycles. The highest BCUT2D eigenvalue weighted by atomic mass is 79.9. The number of aliphatic carboxylic acids is 1. The molecule has 7 heteroatoms. The van der Waals surface area contributed by atoms with Crippen LogP contribution in [-0.4, -0.2) is 36.1 Å². The molecule has 2 atom stereocenters. The van der Waals surface area contributed by atoms with Crippen molar-refractivity contribution in [2.75, 3.05) is 19.0 Å². The molecule has 1 fully saturated rings. The first-order valence-electron chi connectivity index (χ1n) is 5.84. The van der Waals surface area contributed by atoms with Gasteiger partial charge in [0.05, 0.1) is 9.85 Å². The van der Waals surface area contributed by atoms with Crippen molar-refractivity contribution in [3.8, 4) is 11.5 Å². The van der Waals surface area contributed by atoms with Crippen molar-refractivity contribution in [2.24, 2.45) is 0 Å². The fourth-order valence-corrected chi connectivity index (χ4v) is 3.88. The Hall–Kier alpha value is -0.920. The van der Waals surface area contributed by atoms with E-state index in [0.29, 0.717) is 30.5 Å². The lowest BCUT2D eigenvalue weighted by Gasteiger charge is -2.22. The molecule has 3 rings (SSSR count). The zero-order chi connectivity index (χ0) is 13.4. The van der Waals surface area contributed by atoms with Crippen molar-refractivity contribution < 1.29 is 19.4 Å². The minimum absolute atomic E-state index is 0.0340. The van der Waals surface area contributed by atoms with E-state index in [0.717, 1.165) is 10.0 Å². The maximum absolute atomic E-state index is 10.9. The van der Waals surface area contributed by atoms with Crippen LogP contribution in [0.1, 0.15) is 10.9 Å². The topological polar surface area (TPSA) is 67.8 Å². The summed E-state index contributed by atoms with van der Waals surface area (Å²) < 4.78 is 11.9. The van der Waals surface area contributed by atoms with E-state index in [1.165, 1.54) is 0 Å². The molecule has 102 valence electrons. The summed E-state index contributed by atoms with van der Waals surface area (Å²) in [4.78, 5) is 10.9. The van der Waals surface area contributed by atoms with E-state index in [-0.39, 0.29) is 5.37 Å². The number of carboxylic acids is 1. The number of hydrogen-bond donors (Lipinski definition) is 2. The predicted molar refractivity (Wildman–Crippen MR) is 74.9 cm³/mol. The fourth-order valence-electron chi connectivity index (χ4n) is 2.09. The maximum atomic E-state index is 10.9. The van der Waals surface area contributed by atoms with Crippen LogP contribution in [-0.2, 0) is 4.79 Å². The van der Waals surface area contributed by atoms with Gasteiger partial charge < -0.3 is 14.6 Å². The van der Waals surface area contributed by atoms with Gasteiger partial charge in [-0.15, -0.1) is 11.8 Å². The monoisotopic (exact) mass is 345 g/mol.